The number of Topliss-reactive ketones (excluding diaryl/α,β-unsaturated/α-hetero) is 1. The molecule has 0 unspecified atom stereocenters. The normalized spacial score (nSPS) is 10.8. The third-order valence-corrected chi connectivity index (χ3v) is 3.15. The van der Waals surface area contributed by atoms with Gasteiger partial charge in [0, 0.05) is 34.9 Å². The molecule has 0 atom stereocenters. The summed E-state index contributed by atoms with van der Waals surface area (Å²) < 4.78 is 14.2. The zero-order chi connectivity index (χ0) is 14.1. The van der Waals surface area contributed by atoms with E-state index in [1.54, 1.807) is 6.20 Å². The largest absolute Gasteiger partial charge is 0.360 e. The maximum atomic E-state index is 13.1. The van der Waals surface area contributed by atoms with Gasteiger partial charge < -0.3 is 9.55 Å². The molecule has 5 heteroatoms. The van der Waals surface area contributed by atoms with Crippen molar-refractivity contribution in [3.05, 3.63) is 70.5 Å². The summed E-state index contributed by atoms with van der Waals surface area (Å²) in [6, 6.07) is 9.58. The fourth-order valence-electron chi connectivity index (χ4n) is 2.17. The summed E-state index contributed by atoms with van der Waals surface area (Å²) in [5.74, 6) is -0.786. The molecule has 20 heavy (non-hydrogen) atoms. The minimum absolute atomic E-state index is 0.182. The number of nitrogens with one attached hydrogen (secondary N) is 1. The lowest BCUT2D eigenvalue weighted by Gasteiger charge is -2.04. The lowest BCUT2D eigenvalue weighted by Crippen LogP contribution is -2.23. The Labute approximate surface area is 113 Å². The van der Waals surface area contributed by atoms with Crippen molar-refractivity contribution in [3.63, 3.8) is 0 Å². The Morgan fingerprint density at radius 1 is 1.20 bits per heavy atom. The summed E-state index contributed by atoms with van der Waals surface area (Å²) >= 11 is 0. The van der Waals surface area contributed by atoms with Crippen molar-refractivity contribution < 1.29 is 9.18 Å². The molecular formula is C15H11FN2O2. The number of pyridine rings is 1. The first kappa shape index (κ1) is 12.3. The number of fused-ring (bicyclic) bond motifs is 1. The molecule has 0 amide bonds. The highest BCUT2D eigenvalue weighted by atomic mass is 19.1. The standard InChI is InChI=1S/C15H11FN2O2/c16-10-5-6-15(20)18(8-10)9-14(19)12-7-17-13-4-2-1-3-11(12)13/h1-8,17H,9H2. The van der Waals surface area contributed by atoms with Crippen LogP contribution in [0.15, 0.2) is 53.6 Å². The van der Waals surface area contributed by atoms with Gasteiger partial charge in [0.15, 0.2) is 5.78 Å². The molecule has 100 valence electrons. The van der Waals surface area contributed by atoms with Crippen LogP contribution in [0, 0.1) is 5.82 Å². The maximum Gasteiger partial charge on any atom is 0.251 e. The van der Waals surface area contributed by atoms with Crippen LogP contribution in [-0.2, 0) is 6.54 Å². The Morgan fingerprint density at radius 3 is 2.85 bits per heavy atom. The van der Waals surface area contributed by atoms with Crippen LogP contribution in [0.4, 0.5) is 4.39 Å². The van der Waals surface area contributed by atoms with E-state index in [0.717, 1.165) is 33.8 Å². The van der Waals surface area contributed by atoms with Gasteiger partial charge in [-0.05, 0) is 12.1 Å². The van der Waals surface area contributed by atoms with Crippen LogP contribution in [-0.4, -0.2) is 15.3 Å². The van der Waals surface area contributed by atoms with E-state index in [4.69, 9.17) is 0 Å². The van der Waals surface area contributed by atoms with E-state index in [1.165, 1.54) is 0 Å². The van der Waals surface area contributed by atoms with Crippen LogP contribution < -0.4 is 5.56 Å². The number of carbonyl (C=O) groups is 1. The van der Waals surface area contributed by atoms with Crippen molar-refractivity contribution >= 4 is 16.7 Å². The van der Waals surface area contributed by atoms with E-state index in [-0.39, 0.29) is 12.3 Å². The number of hydrogen-bond acceptors (Lipinski definition) is 2. The Hall–Kier alpha value is -2.69. The van der Waals surface area contributed by atoms with Crippen molar-refractivity contribution in [3.8, 4) is 0 Å². The Morgan fingerprint density at radius 2 is 2.00 bits per heavy atom. The van der Waals surface area contributed by atoms with Gasteiger partial charge in [-0.2, -0.15) is 0 Å². The third kappa shape index (κ3) is 2.14. The molecule has 3 aromatic rings. The number of nitrogens with zero attached hydrogens (tertiary/aromatic N) is 1. The average molecular weight is 270 g/mol. The molecule has 0 aliphatic heterocycles. The van der Waals surface area contributed by atoms with Crippen LogP contribution >= 0.6 is 0 Å². The molecule has 0 aliphatic rings. The molecule has 1 aromatic carbocycles. The number of halogens is 1. The van der Waals surface area contributed by atoms with Gasteiger partial charge in [0.2, 0.25) is 0 Å². The van der Waals surface area contributed by atoms with Crippen LogP contribution in [0.25, 0.3) is 10.9 Å². The number of hydrogen-bond donors (Lipinski definition) is 1. The second kappa shape index (κ2) is 4.77. The number of para-hydroxylation sites is 1. The van der Waals surface area contributed by atoms with Gasteiger partial charge in [-0.15, -0.1) is 0 Å². The summed E-state index contributed by atoms with van der Waals surface area (Å²) in [5.41, 5.74) is 0.943. The molecule has 3 rings (SSSR count). The fourth-order valence-corrected chi connectivity index (χ4v) is 2.17. The van der Waals surface area contributed by atoms with Crippen molar-refractivity contribution in [2.45, 2.75) is 6.54 Å². The number of H-pyrrole nitrogens is 1. The molecule has 0 saturated carbocycles. The maximum absolute atomic E-state index is 13.1. The molecule has 0 aliphatic carbocycles. The molecule has 0 spiro atoms. The van der Waals surface area contributed by atoms with Gasteiger partial charge in [-0.3, -0.25) is 9.59 Å². The molecule has 1 N–H and O–H groups in total. The van der Waals surface area contributed by atoms with Crippen LogP contribution in [0.2, 0.25) is 0 Å². The number of aromatic nitrogens is 2. The first-order chi connectivity index (χ1) is 9.65. The average Bonchev–Trinajstić information content (AvgIpc) is 2.87. The number of aromatic amines is 1. The molecular weight excluding hydrogens is 259 g/mol. The van der Waals surface area contributed by atoms with E-state index in [2.05, 4.69) is 4.98 Å². The molecule has 2 heterocycles. The SMILES string of the molecule is O=C(Cn1cc(F)ccc1=O)c1c[nH]c2ccccc12. The first-order valence-corrected chi connectivity index (χ1v) is 6.10. The number of rotatable bonds is 3. The summed E-state index contributed by atoms with van der Waals surface area (Å²) in [6.07, 6.45) is 2.65. The van der Waals surface area contributed by atoms with Crippen molar-refractivity contribution in [1.82, 2.24) is 9.55 Å². The van der Waals surface area contributed by atoms with Gasteiger partial charge in [0.25, 0.3) is 5.56 Å². The zero-order valence-corrected chi connectivity index (χ0v) is 10.5. The van der Waals surface area contributed by atoms with Gasteiger partial charge in [0.1, 0.15) is 5.82 Å². The Balaban J connectivity index is 1.97. The van der Waals surface area contributed by atoms with Gasteiger partial charge in [0.05, 0.1) is 6.54 Å². The molecule has 0 radical (unpaired) electrons. The van der Waals surface area contributed by atoms with Gasteiger partial charge in [-0.25, -0.2) is 4.39 Å². The lowest BCUT2D eigenvalue weighted by molar-refractivity contribution is 0.0972. The third-order valence-electron chi connectivity index (χ3n) is 3.15. The fraction of sp³-hybridized carbons (Fsp3) is 0.0667. The van der Waals surface area contributed by atoms with E-state index >= 15 is 0 Å². The van der Waals surface area contributed by atoms with Gasteiger partial charge >= 0.3 is 0 Å². The minimum atomic E-state index is -0.545. The summed E-state index contributed by atoms with van der Waals surface area (Å²) in [7, 11) is 0. The molecule has 0 bridgehead atoms. The highest BCUT2D eigenvalue weighted by molar-refractivity contribution is 6.07. The molecule has 2 aromatic heterocycles. The molecule has 4 nitrogen and oxygen atoms in total. The number of carbonyl (C=O) groups excluding carboxylic acids is 1. The van der Waals surface area contributed by atoms with Crippen LogP contribution in [0.1, 0.15) is 10.4 Å². The predicted octanol–water partition coefficient (Wildman–Crippen LogP) is 2.35. The second-order valence-corrected chi connectivity index (χ2v) is 4.48. The lowest BCUT2D eigenvalue weighted by atomic mass is 10.1. The molecule has 0 saturated heterocycles. The van der Waals surface area contributed by atoms with Crippen molar-refractivity contribution in [1.29, 1.82) is 0 Å². The highest BCUT2D eigenvalue weighted by Gasteiger charge is 2.13. The van der Waals surface area contributed by atoms with E-state index in [0.29, 0.717) is 5.56 Å². The summed E-state index contributed by atoms with van der Waals surface area (Å²) in [5, 5.41) is 0.793. The number of ketones is 1. The Kier molecular flexibility index (Phi) is 2.95. The zero-order valence-electron chi connectivity index (χ0n) is 10.5. The highest BCUT2D eigenvalue weighted by Crippen LogP contribution is 2.18. The van der Waals surface area contributed by atoms with Crippen molar-refractivity contribution in [2.24, 2.45) is 0 Å². The van der Waals surface area contributed by atoms with Gasteiger partial charge in [-0.1, -0.05) is 18.2 Å². The minimum Gasteiger partial charge on any atom is -0.360 e. The topological polar surface area (TPSA) is 54.9 Å². The number of benzene rings is 1. The summed E-state index contributed by atoms with van der Waals surface area (Å²) in [6.45, 7) is -0.182. The van der Waals surface area contributed by atoms with Crippen LogP contribution in [0.5, 0.6) is 0 Å². The second-order valence-electron chi connectivity index (χ2n) is 4.48. The summed E-state index contributed by atoms with van der Waals surface area (Å²) in [4.78, 5) is 26.8. The monoisotopic (exact) mass is 270 g/mol. The predicted molar refractivity (Wildman–Crippen MR) is 73.3 cm³/mol. The van der Waals surface area contributed by atoms with E-state index in [1.807, 2.05) is 24.3 Å². The Bertz CT molecular complexity index is 848. The van der Waals surface area contributed by atoms with Crippen LogP contribution in [0.3, 0.4) is 0 Å². The molecule has 0 fully saturated rings. The van der Waals surface area contributed by atoms with Crippen molar-refractivity contribution in [2.75, 3.05) is 0 Å². The quantitative estimate of drug-likeness (QED) is 0.743. The first-order valence-electron chi connectivity index (χ1n) is 6.10. The smallest absolute Gasteiger partial charge is 0.251 e. The van der Waals surface area contributed by atoms with E-state index in [9.17, 15) is 14.0 Å². The van der Waals surface area contributed by atoms with E-state index < -0.39 is 11.4 Å².